The minimum atomic E-state index is -0.555. The van der Waals surface area contributed by atoms with Crippen LogP contribution < -0.4 is 16.4 Å². The fourth-order valence-corrected chi connectivity index (χ4v) is 2.07. The zero-order valence-corrected chi connectivity index (χ0v) is 13.4. The Balaban J connectivity index is 1.99. The number of rotatable bonds is 4. The van der Waals surface area contributed by atoms with E-state index in [1.807, 2.05) is 0 Å². The second kappa shape index (κ2) is 6.68. The summed E-state index contributed by atoms with van der Waals surface area (Å²) in [7, 11) is 0. The highest BCUT2D eigenvalue weighted by Crippen LogP contribution is 2.29. The molecule has 0 bridgehead atoms. The fraction of sp³-hybridized carbons (Fsp3) is 0.375. The topological polar surface area (TPSA) is 89.3 Å². The molecule has 4 N–H and O–H groups in total. The van der Waals surface area contributed by atoms with Gasteiger partial charge < -0.3 is 21.1 Å². The number of nitrogens with one attached hydrogen (secondary N) is 2. The summed E-state index contributed by atoms with van der Waals surface area (Å²) in [5.74, 6) is -0.481. The Morgan fingerprint density at radius 3 is 2.83 bits per heavy atom. The molecule has 1 amide bonds. The standard InChI is InChI=1S/C16H21FN4O2/c1-16(2,3)23-15(22)21-8-7-20-14-11(17)9-12(18)10-5-4-6-19-13(10)14/h4-6,9,20H,7-8,18H2,1-3H3,(H,21,22). The smallest absolute Gasteiger partial charge is 0.407 e. The molecule has 23 heavy (non-hydrogen) atoms. The van der Waals surface area contributed by atoms with Crippen molar-refractivity contribution >= 4 is 28.4 Å². The molecule has 1 heterocycles. The van der Waals surface area contributed by atoms with Crippen molar-refractivity contribution in [2.75, 3.05) is 24.1 Å². The Morgan fingerprint density at radius 2 is 2.13 bits per heavy atom. The van der Waals surface area contributed by atoms with Crippen LogP contribution in [0.15, 0.2) is 24.4 Å². The summed E-state index contributed by atoms with van der Waals surface area (Å²) in [6.45, 7) is 5.96. The molecule has 0 spiro atoms. The molecule has 1 aromatic carbocycles. The number of alkyl carbamates (subject to hydrolysis) is 1. The molecule has 0 fully saturated rings. The van der Waals surface area contributed by atoms with Crippen molar-refractivity contribution in [1.29, 1.82) is 0 Å². The lowest BCUT2D eigenvalue weighted by atomic mass is 10.1. The molecular weight excluding hydrogens is 299 g/mol. The van der Waals surface area contributed by atoms with E-state index >= 15 is 0 Å². The van der Waals surface area contributed by atoms with Gasteiger partial charge in [-0.3, -0.25) is 4.98 Å². The summed E-state index contributed by atoms with van der Waals surface area (Å²) in [5.41, 5.74) is 6.30. The van der Waals surface area contributed by atoms with Crippen LogP contribution in [0.4, 0.5) is 20.6 Å². The average molecular weight is 320 g/mol. The van der Waals surface area contributed by atoms with Crippen LogP contribution in [-0.2, 0) is 4.74 Å². The minimum Gasteiger partial charge on any atom is -0.444 e. The molecule has 6 nitrogen and oxygen atoms in total. The van der Waals surface area contributed by atoms with Gasteiger partial charge in [0, 0.05) is 30.4 Å². The molecule has 124 valence electrons. The number of benzene rings is 1. The average Bonchev–Trinajstić information content (AvgIpc) is 2.44. The van der Waals surface area contributed by atoms with Crippen LogP contribution in [0.5, 0.6) is 0 Å². The van der Waals surface area contributed by atoms with Gasteiger partial charge in [-0.15, -0.1) is 0 Å². The van der Waals surface area contributed by atoms with E-state index in [1.165, 1.54) is 6.07 Å². The van der Waals surface area contributed by atoms with Gasteiger partial charge in [0.1, 0.15) is 5.60 Å². The first-order valence-corrected chi connectivity index (χ1v) is 7.31. The molecule has 0 saturated heterocycles. The summed E-state index contributed by atoms with van der Waals surface area (Å²) in [6, 6.07) is 4.78. The van der Waals surface area contributed by atoms with Crippen LogP contribution in [0.3, 0.4) is 0 Å². The van der Waals surface area contributed by atoms with Crippen LogP contribution in [0.25, 0.3) is 10.9 Å². The zero-order chi connectivity index (χ0) is 17.0. The highest BCUT2D eigenvalue weighted by molar-refractivity contribution is 5.98. The molecule has 0 saturated carbocycles. The maximum absolute atomic E-state index is 14.1. The lowest BCUT2D eigenvalue weighted by Crippen LogP contribution is -2.35. The third kappa shape index (κ3) is 4.45. The monoisotopic (exact) mass is 320 g/mol. The summed E-state index contributed by atoms with van der Waals surface area (Å²) < 4.78 is 19.2. The second-order valence-electron chi connectivity index (χ2n) is 6.08. The Morgan fingerprint density at radius 1 is 1.39 bits per heavy atom. The molecule has 0 unspecified atom stereocenters. The van der Waals surface area contributed by atoms with Crippen molar-refractivity contribution in [2.24, 2.45) is 0 Å². The van der Waals surface area contributed by atoms with Gasteiger partial charge in [-0.05, 0) is 39.0 Å². The second-order valence-corrected chi connectivity index (χ2v) is 6.08. The van der Waals surface area contributed by atoms with E-state index < -0.39 is 17.5 Å². The molecule has 2 rings (SSSR count). The van der Waals surface area contributed by atoms with E-state index in [4.69, 9.17) is 10.5 Å². The maximum atomic E-state index is 14.1. The van der Waals surface area contributed by atoms with E-state index in [1.54, 1.807) is 39.1 Å². The number of hydrogen-bond donors (Lipinski definition) is 3. The number of ether oxygens (including phenoxy) is 1. The van der Waals surface area contributed by atoms with Crippen molar-refractivity contribution < 1.29 is 13.9 Å². The van der Waals surface area contributed by atoms with E-state index in [-0.39, 0.29) is 12.2 Å². The SMILES string of the molecule is CC(C)(C)OC(=O)NCCNc1c(F)cc(N)c2cccnc12. The Kier molecular flexibility index (Phi) is 4.88. The van der Waals surface area contributed by atoms with Crippen LogP contribution in [-0.4, -0.2) is 29.8 Å². The third-order valence-electron chi connectivity index (χ3n) is 2.97. The van der Waals surface area contributed by atoms with Gasteiger partial charge in [0.2, 0.25) is 0 Å². The maximum Gasteiger partial charge on any atom is 0.407 e. The van der Waals surface area contributed by atoms with Gasteiger partial charge >= 0.3 is 6.09 Å². The number of aromatic nitrogens is 1. The Labute approximate surface area is 134 Å². The number of nitrogen functional groups attached to an aromatic ring is 1. The summed E-state index contributed by atoms with van der Waals surface area (Å²) >= 11 is 0. The number of anilines is 2. The Hall–Kier alpha value is -2.57. The molecule has 0 aliphatic rings. The first kappa shape index (κ1) is 16.8. The fourth-order valence-electron chi connectivity index (χ4n) is 2.07. The molecule has 0 radical (unpaired) electrons. The number of carbonyl (C=O) groups is 1. The quantitative estimate of drug-likeness (QED) is 0.595. The number of nitrogens with zero attached hydrogens (tertiary/aromatic N) is 1. The predicted molar refractivity (Wildman–Crippen MR) is 88.8 cm³/mol. The molecule has 0 atom stereocenters. The van der Waals surface area contributed by atoms with E-state index in [2.05, 4.69) is 15.6 Å². The van der Waals surface area contributed by atoms with Crippen molar-refractivity contribution in [3.8, 4) is 0 Å². The van der Waals surface area contributed by atoms with Gasteiger partial charge in [-0.25, -0.2) is 9.18 Å². The number of pyridine rings is 1. The number of hydrogen-bond acceptors (Lipinski definition) is 5. The number of halogens is 1. The largest absolute Gasteiger partial charge is 0.444 e. The summed E-state index contributed by atoms with van der Waals surface area (Å²) in [6.07, 6.45) is 1.06. The van der Waals surface area contributed by atoms with Crippen LogP contribution in [0, 0.1) is 5.82 Å². The van der Waals surface area contributed by atoms with Crippen molar-refractivity contribution in [2.45, 2.75) is 26.4 Å². The van der Waals surface area contributed by atoms with Gasteiger partial charge in [0.25, 0.3) is 0 Å². The number of amides is 1. The van der Waals surface area contributed by atoms with Gasteiger partial charge in [0.05, 0.1) is 11.2 Å². The number of carbonyl (C=O) groups excluding carboxylic acids is 1. The lowest BCUT2D eigenvalue weighted by molar-refractivity contribution is 0.0530. The van der Waals surface area contributed by atoms with Gasteiger partial charge in [-0.2, -0.15) is 0 Å². The molecule has 0 aliphatic heterocycles. The molecule has 7 heteroatoms. The molecular formula is C16H21FN4O2. The van der Waals surface area contributed by atoms with E-state index in [0.29, 0.717) is 23.1 Å². The summed E-state index contributed by atoms with van der Waals surface area (Å²) in [5, 5.41) is 6.21. The lowest BCUT2D eigenvalue weighted by Gasteiger charge is -2.19. The Bertz CT molecular complexity index is 713. The molecule has 1 aromatic heterocycles. The van der Waals surface area contributed by atoms with Crippen LogP contribution >= 0.6 is 0 Å². The molecule has 2 aromatic rings. The van der Waals surface area contributed by atoms with Crippen LogP contribution in [0.2, 0.25) is 0 Å². The third-order valence-corrected chi connectivity index (χ3v) is 2.97. The number of fused-ring (bicyclic) bond motifs is 1. The van der Waals surface area contributed by atoms with Gasteiger partial charge in [-0.1, -0.05) is 0 Å². The van der Waals surface area contributed by atoms with Crippen molar-refractivity contribution in [3.63, 3.8) is 0 Å². The summed E-state index contributed by atoms with van der Waals surface area (Å²) in [4.78, 5) is 15.7. The normalized spacial score (nSPS) is 11.3. The first-order chi connectivity index (χ1) is 10.8. The highest BCUT2D eigenvalue weighted by atomic mass is 19.1. The first-order valence-electron chi connectivity index (χ1n) is 7.31. The van der Waals surface area contributed by atoms with E-state index in [9.17, 15) is 9.18 Å². The molecule has 0 aliphatic carbocycles. The van der Waals surface area contributed by atoms with Gasteiger partial charge in [0.15, 0.2) is 5.82 Å². The predicted octanol–water partition coefficient (Wildman–Crippen LogP) is 2.89. The van der Waals surface area contributed by atoms with Crippen molar-refractivity contribution in [3.05, 3.63) is 30.2 Å². The zero-order valence-electron chi connectivity index (χ0n) is 13.4. The minimum absolute atomic E-state index is 0.265. The highest BCUT2D eigenvalue weighted by Gasteiger charge is 2.16. The van der Waals surface area contributed by atoms with E-state index in [0.717, 1.165) is 0 Å². The van der Waals surface area contributed by atoms with Crippen molar-refractivity contribution in [1.82, 2.24) is 10.3 Å². The van der Waals surface area contributed by atoms with Crippen LogP contribution in [0.1, 0.15) is 20.8 Å². The number of nitrogens with two attached hydrogens (primary N) is 1.